The molecule has 0 fully saturated rings. The standard InChI is InChI=1S/C25H21ClN2O3S/c1-3-32(30,31)27-20-13-10-18(14-17-8-11-19(26)12-9-17)23(15-20)24-16-28(2)25(29)22-7-5-4-6-21(22)24/h3-13,15-16,27H,1,14H2,2H3. The van der Waals surface area contributed by atoms with Crippen molar-refractivity contribution in [2.75, 3.05) is 4.72 Å². The zero-order valence-electron chi connectivity index (χ0n) is 17.4. The Bertz CT molecular complexity index is 1490. The predicted octanol–water partition coefficient (Wildman–Crippen LogP) is 5.33. The van der Waals surface area contributed by atoms with Crippen LogP contribution in [0.5, 0.6) is 0 Å². The van der Waals surface area contributed by atoms with Gasteiger partial charge in [0.05, 0.1) is 0 Å². The van der Waals surface area contributed by atoms with Gasteiger partial charge in [-0.05, 0) is 58.8 Å². The zero-order valence-corrected chi connectivity index (χ0v) is 19.0. The SMILES string of the molecule is C=CS(=O)(=O)Nc1ccc(Cc2ccc(Cl)cc2)c(-c2cn(C)c(=O)c3ccccc23)c1. The molecule has 32 heavy (non-hydrogen) atoms. The van der Waals surface area contributed by atoms with Crippen LogP contribution in [0.15, 0.2) is 89.7 Å². The van der Waals surface area contributed by atoms with Gasteiger partial charge in [0.25, 0.3) is 15.6 Å². The lowest BCUT2D eigenvalue weighted by Crippen LogP contribution is -2.16. The quantitative estimate of drug-likeness (QED) is 0.419. The van der Waals surface area contributed by atoms with Crippen molar-refractivity contribution in [1.29, 1.82) is 0 Å². The van der Waals surface area contributed by atoms with Crippen LogP contribution in [0.4, 0.5) is 5.69 Å². The van der Waals surface area contributed by atoms with E-state index in [0.29, 0.717) is 22.5 Å². The highest BCUT2D eigenvalue weighted by atomic mass is 35.5. The summed E-state index contributed by atoms with van der Waals surface area (Å²) in [5.41, 5.74) is 4.04. The van der Waals surface area contributed by atoms with Gasteiger partial charge >= 0.3 is 0 Å². The molecule has 0 amide bonds. The molecule has 3 aromatic carbocycles. The van der Waals surface area contributed by atoms with Gasteiger partial charge in [0.15, 0.2) is 0 Å². The molecule has 0 saturated heterocycles. The Hall–Kier alpha value is -3.35. The molecule has 5 nitrogen and oxygen atoms in total. The third-order valence-corrected chi connectivity index (χ3v) is 6.49. The molecule has 0 saturated carbocycles. The number of aromatic nitrogens is 1. The second-order valence-electron chi connectivity index (χ2n) is 7.49. The number of pyridine rings is 1. The lowest BCUT2D eigenvalue weighted by Gasteiger charge is -2.16. The molecule has 0 aliphatic heterocycles. The first kappa shape index (κ1) is 21.9. The van der Waals surface area contributed by atoms with Gasteiger partial charge in [-0.3, -0.25) is 9.52 Å². The minimum absolute atomic E-state index is 0.0906. The van der Waals surface area contributed by atoms with E-state index in [2.05, 4.69) is 11.3 Å². The van der Waals surface area contributed by atoms with E-state index in [4.69, 9.17) is 11.6 Å². The third kappa shape index (κ3) is 4.47. The van der Waals surface area contributed by atoms with Crippen molar-refractivity contribution in [2.24, 2.45) is 7.05 Å². The van der Waals surface area contributed by atoms with Crippen molar-refractivity contribution >= 4 is 38.1 Å². The van der Waals surface area contributed by atoms with Crippen molar-refractivity contribution in [3.05, 3.63) is 111 Å². The van der Waals surface area contributed by atoms with Crippen LogP contribution in [0.2, 0.25) is 5.02 Å². The Morgan fingerprint density at radius 1 is 1.00 bits per heavy atom. The highest BCUT2D eigenvalue weighted by molar-refractivity contribution is 7.95. The number of anilines is 1. The molecule has 0 atom stereocenters. The van der Waals surface area contributed by atoms with Gasteiger partial charge < -0.3 is 4.57 Å². The maximum atomic E-state index is 12.7. The molecule has 7 heteroatoms. The van der Waals surface area contributed by atoms with Crippen molar-refractivity contribution in [2.45, 2.75) is 6.42 Å². The Labute approximate surface area is 191 Å². The molecule has 0 aliphatic rings. The summed E-state index contributed by atoms with van der Waals surface area (Å²) in [7, 11) is -1.95. The van der Waals surface area contributed by atoms with Crippen LogP contribution < -0.4 is 10.3 Å². The number of nitrogens with zero attached hydrogens (tertiary/aromatic N) is 1. The van der Waals surface area contributed by atoms with E-state index in [1.165, 1.54) is 0 Å². The number of sulfonamides is 1. The maximum absolute atomic E-state index is 12.7. The normalized spacial score (nSPS) is 11.4. The minimum atomic E-state index is -3.66. The summed E-state index contributed by atoms with van der Waals surface area (Å²) < 4.78 is 28.2. The van der Waals surface area contributed by atoms with Crippen LogP contribution in [0.3, 0.4) is 0 Å². The van der Waals surface area contributed by atoms with Gasteiger partial charge in [-0.2, -0.15) is 0 Å². The Morgan fingerprint density at radius 2 is 1.69 bits per heavy atom. The summed E-state index contributed by atoms with van der Waals surface area (Å²) in [5.74, 6) is 0. The summed E-state index contributed by atoms with van der Waals surface area (Å²) in [6, 6.07) is 20.4. The van der Waals surface area contributed by atoms with Gasteiger partial charge in [0.1, 0.15) is 0 Å². The van der Waals surface area contributed by atoms with Crippen LogP contribution in [0, 0.1) is 0 Å². The van der Waals surface area contributed by atoms with Crippen LogP contribution >= 0.6 is 11.6 Å². The molecule has 4 rings (SSSR count). The van der Waals surface area contributed by atoms with E-state index >= 15 is 0 Å². The lowest BCUT2D eigenvalue weighted by atomic mass is 9.92. The molecule has 1 heterocycles. The molecular formula is C25H21ClN2O3S. The number of rotatable bonds is 6. The fourth-order valence-electron chi connectivity index (χ4n) is 3.70. The Balaban J connectivity index is 1.94. The number of benzene rings is 3. The molecule has 162 valence electrons. The van der Waals surface area contributed by atoms with Crippen LogP contribution in [0.1, 0.15) is 11.1 Å². The first-order valence-corrected chi connectivity index (χ1v) is 11.8. The molecule has 4 aromatic rings. The monoisotopic (exact) mass is 464 g/mol. The van der Waals surface area contributed by atoms with E-state index < -0.39 is 10.0 Å². The van der Waals surface area contributed by atoms with Crippen LogP contribution in [0.25, 0.3) is 21.9 Å². The fraction of sp³-hybridized carbons (Fsp3) is 0.0800. The number of halogens is 1. The predicted molar refractivity (Wildman–Crippen MR) is 132 cm³/mol. The van der Waals surface area contributed by atoms with Gasteiger partial charge in [-0.1, -0.05) is 54.6 Å². The van der Waals surface area contributed by atoms with Gasteiger partial charge in [-0.15, -0.1) is 0 Å². The van der Waals surface area contributed by atoms with Crippen molar-refractivity contribution < 1.29 is 8.42 Å². The highest BCUT2D eigenvalue weighted by Gasteiger charge is 2.15. The second kappa shape index (κ2) is 8.65. The summed E-state index contributed by atoms with van der Waals surface area (Å²) in [6.07, 6.45) is 2.40. The fourth-order valence-corrected chi connectivity index (χ4v) is 4.37. The average molecular weight is 465 g/mol. The average Bonchev–Trinajstić information content (AvgIpc) is 2.78. The van der Waals surface area contributed by atoms with Crippen molar-refractivity contribution in [1.82, 2.24) is 4.57 Å². The number of hydrogen-bond acceptors (Lipinski definition) is 3. The lowest BCUT2D eigenvalue weighted by molar-refractivity contribution is 0.609. The van der Waals surface area contributed by atoms with Gasteiger partial charge in [0.2, 0.25) is 0 Å². The summed E-state index contributed by atoms with van der Waals surface area (Å²) in [4.78, 5) is 12.7. The van der Waals surface area contributed by atoms with Crippen LogP contribution in [-0.2, 0) is 23.5 Å². The van der Waals surface area contributed by atoms with E-state index in [1.54, 1.807) is 36.0 Å². The second-order valence-corrected chi connectivity index (χ2v) is 9.56. The largest absolute Gasteiger partial charge is 0.317 e. The number of aryl methyl sites for hydroxylation is 1. The molecule has 0 bridgehead atoms. The third-order valence-electron chi connectivity index (χ3n) is 5.28. The first-order valence-electron chi connectivity index (χ1n) is 9.89. The smallest absolute Gasteiger partial charge is 0.258 e. The summed E-state index contributed by atoms with van der Waals surface area (Å²) >= 11 is 6.03. The molecule has 1 N–H and O–H groups in total. The molecule has 1 aromatic heterocycles. The zero-order chi connectivity index (χ0) is 22.9. The highest BCUT2D eigenvalue weighted by Crippen LogP contribution is 2.33. The van der Waals surface area contributed by atoms with Crippen LogP contribution in [-0.4, -0.2) is 13.0 Å². The van der Waals surface area contributed by atoms with Crippen molar-refractivity contribution in [3.8, 4) is 11.1 Å². The maximum Gasteiger partial charge on any atom is 0.258 e. The topological polar surface area (TPSA) is 68.2 Å². The molecule has 0 radical (unpaired) electrons. The number of hydrogen-bond donors (Lipinski definition) is 1. The summed E-state index contributed by atoms with van der Waals surface area (Å²) in [6.45, 7) is 3.35. The Kier molecular flexibility index (Phi) is 5.91. The van der Waals surface area contributed by atoms with E-state index in [0.717, 1.165) is 33.0 Å². The summed E-state index contributed by atoms with van der Waals surface area (Å²) in [5, 5.41) is 2.93. The first-order chi connectivity index (χ1) is 15.3. The molecule has 0 unspecified atom stereocenters. The Morgan fingerprint density at radius 3 is 2.38 bits per heavy atom. The van der Waals surface area contributed by atoms with E-state index in [-0.39, 0.29) is 5.56 Å². The minimum Gasteiger partial charge on any atom is -0.317 e. The van der Waals surface area contributed by atoms with E-state index in [9.17, 15) is 13.2 Å². The number of fused-ring (bicyclic) bond motifs is 1. The molecule has 0 aliphatic carbocycles. The molecular weight excluding hydrogens is 444 g/mol. The van der Waals surface area contributed by atoms with Gasteiger partial charge in [-0.25, -0.2) is 8.42 Å². The van der Waals surface area contributed by atoms with E-state index in [1.807, 2.05) is 48.5 Å². The van der Waals surface area contributed by atoms with Gasteiger partial charge in [0, 0.05) is 40.3 Å². The molecule has 0 spiro atoms. The number of nitrogens with one attached hydrogen (secondary N) is 1. The van der Waals surface area contributed by atoms with Crippen molar-refractivity contribution in [3.63, 3.8) is 0 Å².